The van der Waals surface area contributed by atoms with Crippen LogP contribution >= 0.6 is 0 Å². The van der Waals surface area contributed by atoms with Gasteiger partial charge in [0.25, 0.3) is 0 Å². The van der Waals surface area contributed by atoms with E-state index in [0.29, 0.717) is 25.2 Å². The van der Waals surface area contributed by atoms with Gasteiger partial charge in [-0.15, -0.1) is 0 Å². The summed E-state index contributed by atoms with van der Waals surface area (Å²) in [6.07, 6.45) is 0.180. The fourth-order valence-corrected chi connectivity index (χ4v) is 2.52. The van der Waals surface area contributed by atoms with Gasteiger partial charge in [0.15, 0.2) is 0 Å². The van der Waals surface area contributed by atoms with E-state index in [9.17, 15) is 4.79 Å². The number of esters is 1. The highest BCUT2D eigenvalue weighted by molar-refractivity contribution is 5.87. The minimum atomic E-state index is -0.362. The van der Waals surface area contributed by atoms with Crippen LogP contribution in [0.1, 0.15) is 36.1 Å². The summed E-state index contributed by atoms with van der Waals surface area (Å²) in [4.78, 5) is 11.9. The lowest BCUT2D eigenvalue weighted by Gasteiger charge is -2.21. The highest BCUT2D eigenvalue weighted by Crippen LogP contribution is 2.28. The Bertz CT molecular complexity index is 676. The molecule has 0 radical (unpaired) electrons. The molecule has 0 aromatic heterocycles. The van der Waals surface area contributed by atoms with Gasteiger partial charge in [0.1, 0.15) is 0 Å². The number of carbonyl (C=O) groups is 1. The molecule has 0 aliphatic carbocycles. The van der Waals surface area contributed by atoms with E-state index in [-0.39, 0.29) is 12.1 Å². The molecule has 2 rings (SSSR count). The van der Waals surface area contributed by atoms with Gasteiger partial charge in [0.05, 0.1) is 19.3 Å². The van der Waals surface area contributed by atoms with Crippen LogP contribution in [-0.4, -0.2) is 12.6 Å². The Morgan fingerprint density at radius 3 is 2.42 bits per heavy atom. The third-order valence-electron chi connectivity index (χ3n) is 3.83. The number of hydrogen-bond acceptors (Lipinski definition) is 3. The fourth-order valence-electron chi connectivity index (χ4n) is 2.52. The standard InChI is InChI=1S/C21H24O3/c1-4-23-21(22)17(3)14-20(19-13-9-8-10-16(19)2)24-15-18-11-6-5-7-12-18/h5-13,20H,3-4,14-15H2,1-2H3. The molecule has 3 nitrogen and oxygen atoms in total. The van der Waals surface area contributed by atoms with Crippen molar-refractivity contribution in [2.24, 2.45) is 0 Å². The topological polar surface area (TPSA) is 35.5 Å². The molecule has 24 heavy (non-hydrogen) atoms. The Kier molecular flexibility index (Phi) is 6.76. The molecular weight excluding hydrogens is 300 g/mol. The monoisotopic (exact) mass is 324 g/mol. The summed E-state index contributed by atoms with van der Waals surface area (Å²) in [5, 5.41) is 0. The van der Waals surface area contributed by atoms with E-state index < -0.39 is 0 Å². The zero-order valence-corrected chi connectivity index (χ0v) is 14.3. The van der Waals surface area contributed by atoms with E-state index in [1.165, 1.54) is 0 Å². The fraction of sp³-hybridized carbons (Fsp3) is 0.286. The van der Waals surface area contributed by atoms with Gasteiger partial charge in [-0.2, -0.15) is 0 Å². The molecule has 1 unspecified atom stereocenters. The average Bonchev–Trinajstić information content (AvgIpc) is 2.60. The molecule has 0 N–H and O–H groups in total. The molecule has 0 spiro atoms. The Labute approximate surface area is 143 Å². The number of benzene rings is 2. The van der Waals surface area contributed by atoms with E-state index in [1.807, 2.05) is 61.5 Å². The van der Waals surface area contributed by atoms with E-state index in [2.05, 4.69) is 6.58 Å². The first kappa shape index (κ1) is 18.0. The molecule has 0 fully saturated rings. The largest absolute Gasteiger partial charge is 0.463 e. The van der Waals surface area contributed by atoms with E-state index in [1.54, 1.807) is 6.92 Å². The third kappa shape index (κ3) is 5.07. The van der Waals surface area contributed by atoms with Gasteiger partial charge in [-0.25, -0.2) is 4.79 Å². The number of ether oxygens (including phenoxy) is 2. The summed E-state index contributed by atoms with van der Waals surface area (Å²) in [5.74, 6) is -0.362. The van der Waals surface area contributed by atoms with Crippen molar-refractivity contribution in [3.63, 3.8) is 0 Å². The second-order valence-corrected chi connectivity index (χ2v) is 5.67. The van der Waals surface area contributed by atoms with E-state index >= 15 is 0 Å². The molecule has 0 bridgehead atoms. The smallest absolute Gasteiger partial charge is 0.333 e. The van der Waals surface area contributed by atoms with Crippen LogP contribution in [0.2, 0.25) is 0 Å². The minimum Gasteiger partial charge on any atom is -0.463 e. The Morgan fingerprint density at radius 2 is 1.75 bits per heavy atom. The number of rotatable bonds is 8. The van der Waals surface area contributed by atoms with Crippen LogP contribution in [0, 0.1) is 6.92 Å². The maximum atomic E-state index is 11.9. The molecule has 0 saturated heterocycles. The molecule has 2 aromatic rings. The van der Waals surface area contributed by atoms with Crippen molar-refractivity contribution < 1.29 is 14.3 Å². The van der Waals surface area contributed by atoms with Crippen LogP contribution in [0.4, 0.5) is 0 Å². The molecule has 1 atom stereocenters. The van der Waals surface area contributed by atoms with Gasteiger partial charge in [-0.1, -0.05) is 61.2 Å². The molecule has 0 aliphatic heterocycles. The molecule has 0 amide bonds. The summed E-state index contributed by atoms with van der Waals surface area (Å²) >= 11 is 0. The van der Waals surface area contributed by atoms with Crippen LogP contribution < -0.4 is 0 Å². The van der Waals surface area contributed by atoms with Crippen molar-refractivity contribution in [2.45, 2.75) is 33.0 Å². The minimum absolute atomic E-state index is 0.233. The normalized spacial score (nSPS) is 11.8. The summed E-state index contributed by atoms with van der Waals surface area (Å²) in [5.41, 5.74) is 3.72. The maximum Gasteiger partial charge on any atom is 0.333 e. The van der Waals surface area contributed by atoms with Gasteiger partial charge in [0, 0.05) is 12.0 Å². The zero-order valence-electron chi connectivity index (χ0n) is 14.3. The average molecular weight is 324 g/mol. The first-order valence-electron chi connectivity index (χ1n) is 8.17. The van der Waals surface area contributed by atoms with Crippen LogP contribution in [0.5, 0.6) is 0 Å². The zero-order chi connectivity index (χ0) is 17.4. The number of carbonyl (C=O) groups excluding carboxylic acids is 1. The summed E-state index contributed by atoms with van der Waals surface area (Å²) in [6.45, 7) is 8.53. The quantitative estimate of drug-likeness (QED) is 0.518. The van der Waals surface area contributed by atoms with Crippen molar-refractivity contribution in [3.05, 3.63) is 83.4 Å². The lowest BCUT2D eigenvalue weighted by Crippen LogP contribution is -2.13. The van der Waals surface area contributed by atoms with Gasteiger partial charge in [0.2, 0.25) is 0 Å². The van der Waals surface area contributed by atoms with Crippen LogP contribution in [0.25, 0.3) is 0 Å². The maximum absolute atomic E-state index is 11.9. The predicted octanol–water partition coefficient (Wildman–Crippen LogP) is 4.76. The molecule has 2 aromatic carbocycles. The Morgan fingerprint density at radius 1 is 1.08 bits per heavy atom. The second kappa shape index (κ2) is 9.04. The number of hydrogen-bond donors (Lipinski definition) is 0. The van der Waals surface area contributed by atoms with Crippen LogP contribution in [0.15, 0.2) is 66.7 Å². The first-order chi connectivity index (χ1) is 11.6. The van der Waals surface area contributed by atoms with Crippen molar-refractivity contribution in [1.29, 1.82) is 0 Å². The Hall–Kier alpha value is -2.39. The summed E-state index contributed by atoms with van der Waals surface area (Å²) in [6, 6.07) is 18.0. The molecule has 0 heterocycles. The van der Waals surface area contributed by atoms with Crippen LogP contribution in [-0.2, 0) is 20.9 Å². The van der Waals surface area contributed by atoms with Gasteiger partial charge < -0.3 is 9.47 Å². The van der Waals surface area contributed by atoms with E-state index in [4.69, 9.17) is 9.47 Å². The van der Waals surface area contributed by atoms with Gasteiger partial charge >= 0.3 is 5.97 Å². The lowest BCUT2D eigenvalue weighted by molar-refractivity contribution is -0.139. The summed E-state index contributed by atoms with van der Waals surface area (Å²) in [7, 11) is 0. The third-order valence-corrected chi connectivity index (χ3v) is 3.83. The SMILES string of the molecule is C=C(CC(OCc1ccccc1)c1ccccc1C)C(=O)OCC. The van der Waals surface area contributed by atoms with Gasteiger partial charge in [-0.3, -0.25) is 0 Å². The molecule has 126 valence electrons. The van der Waals surface area contributed by atoms with Crippen LogP contribution in [0.3, 0.4) is 0 Å². The van der Waals surface area contributed by atoms with Crippen molar-refractivity contribution in [3.8, 4) is 0 Å². The van der Waals surface area contributed by atoms with Crippen molar-refractivity contribution in [2.75, 3.05) is 6.61 Å². The summed E-state index contributed by atoms with van der Waals surface area (Å²) < 4.78 is 11.2. The molecule has 0 saturated carbocycles. The number of aryl methyl sites for hydroxylation is 1. The second-order valence-electron chi connectivity index (χ2n) is 5.67. The predicted molar refractivity (Wildman–Crippen MR) is 95.5 cm³/mol. The van der Waals surface area contributed by atoms with Gasteiger partial charge in [-0.05, 0) is 30.5 Å². The highest BCUT2D eigenvalue weighted by Gasteiger charge is 2.19. The molecular formula is C21H24O3. The van der Waals surface area contributed by atoms with E-state index in [0.717, 1.165) is 16.7 Å². The Balaban J connectivity index is 2.14. The lowest BCUT2D eigenvalue weighted by atomic mass is 9.98. The molecule has 0 aliphatic rings. The highest BCUT2D eigenvalue weighted by atomic mass is 16.5. The van der Waals surface area contributed by atoms with Crippen molar-refractivity contribution >= 4 is 5.97 Å². The molecule has 3 heteroatoms. The first-order valence-corrected chi connectivity index (χ1v) is 8.17. The van der Waals surface area contributed by atoms with Crippen molar-refractivity contribution in [1.82, 2.24) is 0 Å².